The number of carbonyl (C=O) groups is 1. The lowest BCUT2D eigenvalue weighted by molar-refractivity contribution is -0.0950. The molecule has 0 saturated carbocycles. The Labute approximate surface area is 131 Å². The van der Waals surface area contributed by atoms with Gasteiger partial charge in [-0.3, -0.25) is 0 Å². The second-order valence-electron chi connectivity index (χ2n) is 5.59. The van der Waals surface area contributed by atoms with Gasteiger partial charge in [0.2, 0.25) is 0 Å². The van der Waals surface area contributed by atoms with E-state index in [-0.39, 0.29) is 17.9 Å². The third kappa shape index (κ3) is 3.42. The normalized spacial score (nSPS) is 20.0. The number of ether oxygens (including phenoxy) is 2. The molecule has 0 atom stereocenters. The first-order valence-electron chi connectivity index (χ1n) is 7.49. The Kier molecular flexibility index (Phi) is 4.72. The summed E-state index contributed by atoms with van der Waals surface area (Å²) >= 11 is 0. The van der Waals surface area contributed by atoms with E-state index in [0.29, 0.717) is 39.1 Å². The van der Waals surface area contributed by atoms with Gasteiger partial charge < -0.3 is 19.7 Å². The Morgan fingerprint density at radius 2 is 1.74 bits per heavy atom. The number of halogens is 3. The number of piperidine rings is 1. The summed E-state index contributed by atoms with van der Waals surface area (Å²) in [6, 6.07) is 1.23. The van der Waals surface area contributed by atoms with Gasteiger partial charge in [-0.1, -0.05) is 0 Å². The van der Waals surface area contributed by atoms with Crippen molar-refractivity contribution in [2.24, 2.45) is 5.92 Å². The molecule has 0 radical (unpaired) electrons. The molecule has 1 aromatic carbocycles. The van der Waals surface area contributed by atoms with Crippen LogP contribution < -0.4 is 5.32 Å². The summed E-state index contributed by atoms with van der Waals surface area (Å²) in [7, 11) is 0. The molecule has 126 valence electrons. The number of rotatable bonds is 2. The average Bonchev–Trinajstić information content (AvgIpc) is 3.10. The molecule has 2 amide bonds. The number of urea groups is 1. The fraction of sp³-hybridized carbons (Fsp3) is 0.533. The number of benzene rings is 1. The number of amides is 2. The van der Waals surface area contributed by atoms with Crippen LogP contribution in [0.25, 0.3) is 0 Å². The predicted octanol–water partition coefficient (Wildman–Crippen LogP) is 2.72. The second-order valence-corrected chi connectivity index (χ2v) is 5.59. The van der Waals surface area contributed by atoms with Crippen LogP contribution in [0.15, 0.2) is 12.1 Å². The van der Waals surface area contributed by atoms with Crippen molar-refractivity contribution in [3.05, 3.63) is 29.6 Å². The van der Waals surface area contributed by atoms with E-state index in [9.17, 15) is 18.0 Å². The van der Waals surface area contributed by atoms with Gasteiger partial charge in [0.05, 0.1) is 18.9 Å². The lowest BCUT2D eigenvalue weighted by atomic mass is 9.96. The maximum atomic E-state index is 13.6. The molecule has 0 spiro atoms. The van der Waals surface area contributed by atoms with Crippen molar-refractivity contribution in [3.63, 3.8) is 0 Å². The van der Waals surface area contributed by atoms with Crippen LogP contribution in [-0.2, 0) is 9.47 Å². The summed E-state index contributed by atoms with van der Waals surface area (Å²) in [4.78, 5) is 13.6. The molecule has 2 aliphatic heterocycles. The van der Waals surface area contributed by atoms with Crippen molar-refractivity contribution in [3.8, 4) is 0 Å². The average molecular weight is 330 g/mol. The van der Waals surface area contributed by atoms with E-state index in [0.717, 1.165) is 12.1 Å². The van der Waals surface area contributed by atoms with Gasteiger partial charge in [-0.15, -0.1) is 0 Å². The summed E-state index contributed by atoms with van der Waals surface area (Å²) < 4.78 is 50.5. The van der Waals surface area contributed by atoms with Crippen LogP contribution >= 0.6 is 0 Å². The van der Waals surface area contributed by atoms with Crippen molar-refractivity contribution in [2.45, 2.75) is 19.1 Å². The zero-order chi connectivity index (χ0) is 16.4. The minimum absolute atomic E-state index is 0.219. The van der Waals surface area contributed by atoms with Crippen molar-refractivity contribution in [2.75, 3.05) is 31.6 Å². The third-order valence-electron chi connectivity index (χ3n) is 4.14. The molecule has 2 saturated heterocycles. The maximum Gasteiger partial charge on any atom is 0.321 e. The Morgan fingerprint density at radius 3 is 2.39 bits per heavy atom. The highest BCUT2D eigenvalue weighted by Gasteiger charge is 2.32. The van der Waals surface area contributed by atoms with E-state index >= 15 is 0 Å². The number of nitrogens with one attached hydrogen (secondary N) is 1. The van der Waals surface area contributed by atoms with Gasteiger partial charge in [-0.2, -0.15) is 0 Å². The molecule has 5 nitrogen and oxygen atoms in total. The fourth-order valence-corrected chi connectivity index (χ4v) is 2.84. The Bertz CT molecular complexity index is 586. The molecular formula is C15H17F3N2O3. The molecule has 0 bridgehead atoms. The zero-order valence-electron chi connectivity index (χ0n) is 12.4. The number of carbonyl (C=O) groups excluding carboxylic acids is 1. The van der Waals surface area contributed by atoms with Crippen molar-refractivity contribution < 1.29 is 27.4 Å². The Balaban J connectivity index is 1.56. The molecule has 1 aromatic rings. The molecule has 23 heavy (non-hydrogen) atoms. The van der Waals surface area contributed by atoms with Gasteiger partial charge in [0.1, 0.15) is 0 Å². The zero-order valence-corrected chi connectivity index (χ0v) is 12.4. The topological polar surface area (TPSA) is 50.8 Å². The standard InChI is InChI=1S/C15H17F3N2O3/c16-10-1-2-11(13(18)12(10)17)19-15(21)20-5-3-9(4-6-20)14-22-7-8-23-14/h1-2,9,14H,3-8H2,(H,19,21). The maximum absolute atomic E-state index is 13.6. The highest BCUT2D eigenvalue weighted by Crippen LogP contribution is 2.26. The van der Waals surface area contributed by atoms with Crippen LogP contribution in [-0.4, -0.2) is 43.5 Å². The number of anilines is 1. The van der Waals surface area contributed by atoms with Crippen LogP contribution in [0.4, 0.5) is 23.7 Å². The minimum Gasteiger partial charge on any atom is -0.350 e. The number of nitrogens with zero attached hydrogens (tertiary/aromatic N) is 1. The Hall–Kier alpha value is -1.80. The molecular weight excluding hydrogens is 313 g/mol. The van der Waals surface area contributed by atoms with E-state index in [2.05, 4.69) is 5.32 Å². The summed E-state index contributed by atoms with van der Waals surface area (Å²) in [6.45, 7) is 2.09. The molecule has 2 heterocycles. The van der Waals surface area contributed by atoms with Gasteiger partial charge in [-0.05, 0) is 25.0 Å². The first-order valence-corrected chi connectivity index (χ1v) is 7.49. The second kappa shape index (κ2) is 6.76. The SMILES string of the molecule is O=C(Nc1ccc(F)c(F)c1F)N1CCC(C2OCCO2)CC1. The molecule has 0 aliphatic carbocycles. The number of likely N-dealkylation sites (tertiary alicyclic amines) is 1. The molecule has 1 N–H and O–H groups in total. The highest BCUT2D eigenvalue weighted by molar-refractivity contribution is 5.89. The molecule has 2 fully saturated rings. The van der Waals surface area contributed by atoms with E-state index in [1.807, 2.05) is 0 Å². The van der Waals surface area contributed by atoms with Crippen LogP contribution in [0.2, 0.25) is 0 Å². The van der Waals surface area contributed by atoms with E-state index in [4.69, 9.17) is 9.47 Å². The van der Waals surface area contributed by atoms with Crippen molar-refractivity contribution >= 4 is 11.7 Å². The molecule has 8 heteroatoms. The monoisotopic (exact) mass is 330 g/mol. The third-order valence-corrected chi connectivity index (χ3v) is 4.14. The first kappa shape index (κ1) is 16.1. The minimum atomic E-state index is -1.60. The largest absolute Gasteiger partial charge is 0.350 e. The lowest BCUT2D eigenvalue weighted by Gasteiger charge is -2.33. The van der Waals surface area contributed by atoms with Gasteiger partial charge in [-0.25, -0.2) is 18.0 Å². The first-order chi connectivity index (χ1) is 11.1. The van der Waals surface area contributed by atoms with Crippen LogP contribution in [0.5, 0.6) is 0 Å². The van der Waals surface area contributed by atoms with Gasteiger partial charge in [0.25, 0.3) is 0 Å². The predicted molar refractivity (Wildman–Crippen MR) is 75.3 cm³/mol. The van der Waals surface area contributed by atoms with E-state index < -0.39 is 23.5 Å². The van der Waals surface area contributed by atoms with Gasteiger partial charge >= 0.3 is 6.03 Å². The Morgan fingerprint density at radius 1 is 1.09 bits per heavy atom. The van der Waals surface area contributed by atoms with Crippen LogP contribution in [0.1, 0.15) is 12.8 Å². The van der Waals surface area contributed by atoms with Crippen molar-refractivity contribution in [1.82, 2.24) is 4.90 Å². The lowest BCUT2D eigenvalue weighted by Crippen LogP contribution is -2.43. The highest BCUT2D eigenvalue weighted by atomic mass is 19.2. The van der Waals surface area contributed by atoms with Crippen LogP contribution in [0.3, 0.4) is 0 Å². The van der Waals surface area contributed by atoms with Crippen LogP contribution in [0, 0.1) is 23.4 Å². The molecule has 2 aliphatic rings. The summed E-state index contributed by atoms with van der Waals surface area (Å²) in [5.74, 6) is -4.07. The molecule has 0 unspecified atom stereocenters. The summed E-state index contributed by atoms with van der Waals surface area (Å²) in [6.07, 6.45) is 1.19. The quantitative estimate of drug-likeness (QED) is 0.849. The number of hydrogen-bond acceptors (Lipinski definition) is 3. The fourth-order valence-electron chi connectivity index (χ4n) is 2.84. The van der Waals surface area contributed by atoms with Crippen molar-refractivity contribution in [1.29, 1.82) is 0 Å². The van der Waals surface area contributed by atoms with Gasteiger partial charge in [0.15, 0.2) is 23.7 Å². The number of hydrogen-bond donors (Lipinski definition) is 1. The smallest absolute Gasteiger partial charge is 0.321 e. The summed E-state index contributed by atoms with van der Waals surface area (Å²) in [5, 5.41) is 2.28. The molecule has 0 aromatic heterocycles. The van der Waals surface area contributed by atoms with E-state index in [1.54, 1.807) is 0 Å². The summed E-state index contributed by atoms with van der Waals surface area (Å²) in [5.41, 5.74) is -0.376. The van der Waals surface area contributed by atoms with Gasteiger partial charge in [0, 0.05) is 19.0 Å². The molecule has 3 rings (SSSR count). The van der Waals surface area contributed by atoms with E-state index in [1.165, 1.54) is 4.90 Å².